The van der Waals surface area contributed by atoms with Crippen molar-refractivity contribution in [3.8, 4) is 10.4 Å². The zero-order valence-corrected chi connectivity index (χ0v) is 14.4. The van der Waals surface area contributed by atoms with Crippen LogP contribution in [-0.4, -0.2) is 35.3 Å². The molecule has 3 heterocycles. The van der Waals surface area contributed by atoms with Crippen LogP contribution in [0.25, 0.3) is 20.7 Å². The van der Waals surface area contributed by atoms with Crippen LogP contribution < -0.4 is 4.90 Å². The fraction of sp³-hybridized carbons (Fsp3) is 0.333. The van der Waals surface area contributed by atoms with Gasteiger partial charge in [0.05, 0.1) is 22.4 Å². The third-order valence-corrected chi connectivity index (χ3v) is 5.31. The second-order valence-corrected chi connectivity index (χ2v) is 7.24. The van der Waals surface area contributed by atoms with Crippen molar-refractivity contribution in [1.82, 2.24) is 9.97 Å². The van der Waals surface area contributed by atoms with Gasteiger partial charge in [0.1, 0.15) is 18.0 Å². The molecule has 24 heavy (non-hydrogen) atoms. The third-order valence-electron chi connectivity index (χ3n) is 4.14. The van der Waals surface area contributed by atoms with E-state index in [0.29, 0.717) is 0 Å². The van der Waals surface area contributed by atoms with E-state index in [4.69, 9.17) is 4.74 Å². The van der Waals surface area contributed by atoms with Gasteiger partial charge in [0, 0.05) is 18.0 Å². The first kappa shape index (κ1) is 15.5. The number of ether oxygens (including phenoxy) is 1. The van der Waals surface area contributed by atoms with Crippen LogP contribution >= 0.6 is 11.3 Å². The number of halogens is 1. The molecule has 0 amide bonds. The molecule has 6 heteroatoms. The number of thiophene rings is 1. The van der Waals surface area contributed by atoms with Crippen molar-refractivity contribution in [2.75, 3.05) is 18.0 Å². The Kier molecular flexibility index (Phi) is 3.94. The summed E-state index contributed by atoms with van der Waals surface area (Å²) in [6.07, 6.45) is 1.97. The van der Waals surface area contributed by atoms with Gasteiger partial charge in [-0.1, -0.05) is 12.1 Å². The number of nitrogens with zero attached hydrogens (tertiary/aromatic N) is 3. The molecule has 0 aliphatic carbocycles. The summed E-state index contributed by atoms with van der Waals surface area (Å²) in [5, 5.41) is 0. The number of hydrogen-bond donors (Lipinski definition) is 0. The predicted octanol–water partition coefficient (Wildman–Crippen LogP) is 4.11. The van der Waals surface area contributed by atoms with Gasteiger partial charge in [-0.15, -0.1) is 11.3 Å². The van der Waals surface area contributed by atoms with Gasteiger partial charge >= 0.3 is 0 Å². The van der Waals surface area contributed by atoms with E-state index in [1.54, 1.807) is 29.8 Å². The van der Waals surface area contributed by atoms with E-state index in [1.165, 1.54) is 12.1 Å². The van der Waals surface area contributed by atoms with Gasteiger partial charge < -0.3 is 9.64 Å². The number of fused-ring (bicyclic) bond motifs is 1. The maximum absolute atomic E-state index is 13.1. The number of hydrogen-bond acceptors (Lipinski definition) is 5. The summed E-state index contributed by atoms with van der Waals surface area (Å²) in [5.41, 5.74) is 1.92. The number of rotatable bonds is 2. The van der Waals surface area contributed by atoms with Gasteiger partial charge in [0.25, 0.3) is 0 Å². The molecule has 4 nitrogen and oxygen atoms in total. The quantitative estimate of drug-likeness (QED) is 0.702. The van der Waals surface area contributed by atoms with Gasteiger partial charge in [-0.25, -0.2) is 14.4 Å². The Morgan fingerprint density at radius 1 is 1.12 bits per heavy atom. The van der Waals surface area contributed by atoms with Crippen LogP contribution in [0.1, 0.15) is 13.8 Å². The first-order valence-electron chi connectivity index (χ1n) is 8.01. The first-order chi connectivity index (χ1) is 11.6. The zero-order chi connectivity index (χ0) is 16.7. The average molecular weight is 343 g/mol. The Bertz CT molecular complexity index is 854. The smallest absolute Gasteiger partial charge is 0.150 e. The van der Waals surface area contributed by atoms with E-state index in [-0.39, 0.29) is 18.0 Å². The Labute approximate surface area is 143 Å². The molecule has 0 bridgehead atoms. The van der Waals surface area contributed by atoms with Gasteiger partial charge in [-0.05, 0) is 37.6 Å². The maximum atomic E-state index is 13.1. The summed E-state index contributed by atoms with van der Waals surface area (Å²) in [5.74, 6) is 0.733. The molecule has 2 atom stereocenters. The number of morpholine rings is 1. The normalized spacial score (nSPS) is 21.4. The maximum Gasteiger partial charge on any atom is 0.150 e. The lowest BCUT2D eigenvalue weighted by Gasteiger charge is -2.36. The van der Waals surface area contributed by atoms with Crippen LogP contribution in [0, 0.1) is 5.82 Å². The Morgan fingerprint density at radius 2 is 1.83 bits per heavy atom. The summed E-state index contributed by atoms with van der Waals surface area (Å²) in [6.45, 7) is 5.80. The monoisotopic (exact) mass is 343 g/mol. The highest BCUT2D eigenvalue weighted by molar-refractivity contribution is 7.22. The van der Waals surface area contributed by atoms with E-state index < -0.39 is 0 Å². The molecule has 1 aromatic carbocycles. The van der Waals surface area contributed by atoms with Gasteiger partial charge in [-0.2, -0.15) is 0 Å². The van der Waals surface area contributed by atoms with Crippen molar-refractivity contribution in [3.63, 3.8) is 0 Å². The van der Waals surface area contributed by atoms with E-state index in [1.807, 2.05) is 6.07 Å². The lowest BCUT2D eigenvalue weighted by Crippen LogP contribution is -2.45. The molecule has 0 unspecified atom stereocenters. The summed E-state index contributed by atoms with van der Waals surface area (Å²) in [6, 6.07) is 8.61. The molecule has 1 saturated heterocycles. The molecule has 124 valence electrons. The van der Waals surface area contributed by atoms with E-state index in [9.17, 15) is 4.39 Å². The van der Waals surface area contributed by atoms with Crippen LogP contribution in [0.5, 0.6) is 0 Å². The zero-order valence-electron chi connectivity index (χ0n) is 13.6. The largest absolute Gasteiger partial charge is 0.372 e. The average Bonchev–Trinajstić information content (AvgIpc) is 2.98. The minimum absolute atomic E-state index is 0.176. The first-order valence-corrected chi connectivity index (χ1v) is 8.82. The lowest BCUT2D eigenvalue weighted by molar-refractivity contribution is -0.00536. The third kappa shape index (κ3) is 2.87. The standard InChI is InChI=1S/C18H18FN3OS/c1-11-8-22(9-12(2)23-11)18-17-15(20-10-21-18)7-16(24-17)13-3-5-14(19)6-4-13/h3-7,10-12H,8-9H2,1-2H3/t11-,12-/m0/s1. The lowest BCUT2D eigenvalue weighted by atomic mass is 10.2. The minimum atomic E-state index is -0.225. The van der Waals surface area contributed by atoms with Crippen molar-refractivity contribution in [3.05, 3.63) is 42.5 Å². The minimum Gasteiger partial charge on any atom is -0.372 e. The number of aromatic nitrogens is 2. The van der Waals surface area contributed by atoms with Crippen LogP contribution in [0.4, 0.5) is 10.2 Å². The highest BCUT2D eigenvalue weighted by Gasteiger charge is 2.25. The van der Waals surface area contributed by atoms with Crippen LogP contribution in [-0.2, 0) is 4.74 Å². The van der Waals surface area contributed by atoms with Crippen LogP contribution in [0.15, 0.2) is 36.7 Å². The molecule has 4 rings (SSSR count). The molecular formula is C18H18FN3OS. The summed E-state index contributed by atoms with van der Waals surface area (Å²) in [7, 11) is 0. The Hall–Kier alpha value is -2.05. The van der Waals surface area contributed by atoms with E-state index in [0.717, 1.165) is 39.6 Å². The molecule has 1 aliphatic heterocycles. The van der Waals surface area contributed by atoms with Crippen LogP contribution in [0.2, 0.25) is 0 Å². The van der Waals surface area contributed by atoms with Crippen LogP contribution in [0.3, 0.4) is 0 Å². The van der Waals surface area contributed by atoms with E-state index >= 15 is 0 Å². The van der Waals surface area contributed by atoms with Gasteiger partial charge in [-0.3, -0.25) is 0 Å². The fourth-order valence-corrected chi connectivity index (χ4v) is 4.31. The summed E-state index contributed by atoms with van der Waals surface area (Å²) >= 11 is 1.65. The van der Waals surface area contributed by atoms with Crippen molar-refractivity contribution in [1.29, 1.82) is 0 Å². The summed E-state index contributed by atoms with van der Waals surface area (Å²) in [4.78, 5) is 12.3. The molecule has 0 spiro atoms. The topological polar surface area (TPSA) is 38.2 Å². The molecule has 0 radical (unpaired) electrons. The van der Waals surface area contributed by atoms with Crippen molar-refractivity contribution in [2.24, 2.45) is 0 Å². The fourth-order valence-electron chi connectivity index (χ4n) is 3.17. The molecule has 1 aliphatic rings. The van der Waals surface area contributed by atoms with Crippen molar-refractivity contribution < 1.29 is 9.13 Å². The predicted molar refractivity (Wildman–Crippen MR) is 95.0 cm³/mol. The van der Waals surface area contributed by atoms with Gasteiger partial charge in [0.2, 0.25) is 0 Å². The molecule has 3 aromatic rings. The molecule has 0 N–H and O–H groups in total. The van der Waals surface area contributed by atoms with Crippen molar-refractivity contribution >= 4 is 27.4 Å². The highest BCUT2D eigenvalue weighted by Crippen LogP contribution is 2.37. The Balaban J connectivity index is 1.76. The van der Waals surface area contributed by atoms with Crippen molar-refractivity contribution in [2.45, 2.75) is 26.1 Å². The number of benzene rings is 1. The van der Waals surface area contributed by atoms with E-state index in [2.05, 4.69) is 28.7 Å². The second kappa shape index (κ2) is 6.11. The molecule has 2 aromatic heterocycles. The molecule has 1 fully saturated rings. The van der Waals surface area contributed by atoms with Gasteiger partial charge in [0.15, 0.2) is 0 Å². The second-order valence-electron chi connectivity index (χ2n) is 6.19. The highest BCUT2D eigenvalue weighted by atomic mass is 32.1. The SMILES string of the molecule is C[C@H]1CN(c2ncnc3cc(-c4ccc(F)cc4)sc23)C[C@H](C)O1. The summed E-state index contributed by atoms with van der Waals surface area (Å²) < 4.78 is 20.0. The molecular weight excluding hydrogens is 325 g/mol. The Morgan fingerprint density at radius 3 is 2.54 bits per heavy atom. The number of anilines is 1. The molecule has 0 saturated carbocycles.